The first-order chi connectivity index (χ1) is 6.27. The summed E-state index contributed by atoms with van der Waals surface area (Å²) >= 11 is 3.42. The zero-order valence-electron chi connectivity index (χ0n) is 7.16. The normalized spacial score (nSPS) is 14.4. The molecule has 2 nitrogen and oxygen atoms in total. The molecule has 1 aliphatic rings. The molecule has 1 aromatic rings. The molecule has 0 atom stereocenters. The van der Waals surface area contributed by atoms with Gasteiger partial charge in [-0.2, -0.15) is 0 Å². The first-order valence-electron chi connectivity index (χ1n) is 4.28. The summed E-state index contributed by atoms with van der Waals surface area (Å²) in [6.07, 6.45) is 0.515. The lowest BCUT2D eigenvalue weighted by molar-refractivity contribution is -0.125. The van der Waals surface area contributed by atoms with Gasteiger partial charge in [0.2, 0.25) is 5.91 Å². The van der Waals surface area contributed by atoms with Crippen LogP contribution < -0.4 is 0 Å². The van der Waals surface area contributed by atoms with E-state index in [9.17, 15) is 4.79 Å². The predicted octanol–water partition coefficient (Wildman–Crippen LogP) is 1.83. The summed E-state index contributed by atoms with van der Waals surface area (Å²) in [5, 5.41) is 0. The molecule has 3 heteroatoms. The molecule has 2 rings (SSSR count). The molecule has 13 heavy (non-hydrogen) atoms. The monoisotopic (exact) mass is 239 g/mol. The Labute approximate surface area is 85.7 Å². The van der Waals surface area contributed by atoms with Gasteiger partial charge in [-0.1, -0.05) is 34.1 Å². The van der Waals surface area contributed by atoms with E-state index in [0.29, 0.717) is 6.42 Å². The van der Waals surface area contributed by atoms with E-state index >= 15 is 0 Å². The third-order valence-electron chi connectivity index (χ3n) is 2.10. The number of halogens is 1. The molecule has 0 aliphatic carbocycles. The summed E-state index contributed by atoms with van der Waals surface area (Å²) < 4.78 is 1.02. The van der Waals surface area contributed by atoms with Crippen molar-refractivity contribution in [2.24, 2.45) is 0 Å². The van der Waals surface area contributed by atoms with Crippen LogP contribution in [0.4, 0.5) is 0 Å². The average Bonchev–Trinajstić information content (AvgIpc) is 2.91. The van der Waals surface area contributed by atoms with E-state index in [2.05, 4.69) is 15.9 Å². The van der Waals surface area contributed by atoms with E-state index in [1.165, 1.54) is 0 Å². The minimum absolute atomic E-state index is 0.229. The van der Waals surface area contributed by atoms with Crippen LogP contribution in [0.15, 0.2) is 28.7 Å². The van der Waals surface area contributed by atoms with Crippen molar-refractivity contribution in [3.8, 4) is 0 Å². The fraction of sp³-hybridized carbons (Fsp3) is 0.300. The van der Waals surface area contributed by atoms with Crippen LogP contribution in [-0.2, 0) is 11.2 Å². The van der Waals surface area contributed by atoms with Crippen molar-refractivity contribution in [2.45, 2.75) is 6.42 Å². The topological polar surface area (TPSA) is 20.1 Å². The molecule has 1 fully saturated rings. The van der Waals surface area contributed by atoms with Crippen LogP contribution in [0, 0.1) is 0 Å². The lowest BCUT2D eigenvalue weighted by Crippen LogP contribution is -2.13. The van der Waals surface area contributed by atoms with Crippen LogP contribution >= 0.6 is 15.9 Å². The molecule has 68 valence electrons. The van der Waals surface area contributed by atoms with Gasteiger partial charge >= 0.3 is 0 Å². The SMILES string of the molecule is O=C(Cc1ccccc1Br)N1CC1. The third-order valence-corrected chi connectivity index (χ3v) is 2.87. The number of amides is 1. The molecule has 1 aromatic carbocycles. The van der Waals surface area contributed by atoms with Gasteiger partial charge in [-0.3, -0.25) is 4.79 Å². The van der Waals surface area contributed by atoms with E-state index in [4.69, 9.17) is 0 Å². The average molecular weight is 240 g/mol. The molecule has 0 aromatic heterocycles. The van der Waals surface area contributed by atoms with Gasteiger partial charge in [0.1, 0.15) is 0 Å². The number of hydrogen-bond acceptors (Lipinski definition) is 1. The van der Waals surface area contributed by atoms with Gasteiger partial charge in [-0.25, -0.2) is 0 Å². The zero-order chi connectivity index (χ0) is 9.26. The Morgan fingerprint density at radius 2 is 2.08 bits per heavy atom. The van der Waals surface area contributed by atoms with Gasteiger partial charge in [-0.15, -0.1) is 0 Å². The van der Waals surface area contributed by atoms with Crippen LogP contribution in [0.5, 0.6) is 0 Å². The molecule has 0 spiro atoms. The van der Waals surface area contributed by atoms with E-state index in [-0.39, 0.29) is 5.91 Å². The van der Waals surface area contributed by atoms with E-state index in [1.54, 1.807) is 0 Å². The third kappa shape index (κ3) is 2.10. The van der Waals surface area contributed by atoms with E-state index < -0.39 is 0 Å². The van der Waals surface area contributed by atoms with Crippen LogP contribution in [-0.4, -0.2) is 23.9 Å². The number of hydrogen-bond donors (Lipinski definition) is 0. The van der Waals surface area contributed by atoms with Crippen LogP contribution in [0.3, 0.4) is 0 Å². The summed E-state index contributed by atoms with van der Waals surface area (Å²) in [4.78, 5) is 13.3. The quantitative estimate of drug-likeness (QED) is 0.722. The van der Waals surface area contributed by atoms with Crippen molar-refractivity contribution >= 4 is 21.8 Å². The highest BCUT2D eigenvalue weighted by Gasteiger charge is 2.23. The lowest BCUT2D eigenvalue weighted by atomic mass is 10.1. The second-order valence-corrected chi connectivity index (χ2v) is 4.00. The molecule has 0 radical (unpaired) electrons. The Balaban J connectivity index is 2.08. The Hall–Kier alpha value is -0.830. The fourth-order valence-electron chi connectivity index (χ4n) is 1.22. The Kier molecular flexibility index (Phi) is 2.36. The van der Waals surface area contributed by atoms with Gasteiger partial charge in [0.15, 0.2) is 0 Å². The highest BCUT2D eigenvalue weighted by Crippen LogP contribution is 2.18. The number of benzene rings is 1. The Bertz CT molecular complexity index is 333. The Morgan fingerprint density at radius 1 is 1.38 bits per heavy atom. The van der Waals surface area contributed by atoms with Crippen molar-refractivity contribution in [2.75, 3.05) is 13.1 Å². The summed E-state index contributed by atoms with van der Waals surface area (Å²) in [7, 11) is 0. The molecular formula is C10H10BrNO. The van der Waals surface area contributed by atoms with Crippen molar-refractivity contribution in [3.05, 3.63) is 34.3 Å². The predicted molar refractivity (Wildman–Crippen MR) is 54.4 cm³/mol. The summed E-state index contributed by atoms with van der Waals surface area (Å²) in [5.74, 6) is 0.229. The largest absolute Gasteiger partial charge is 0.339 e. The Morgan fingerprint density at radius 3 is 2.69 bits per heavy atom. The molecule has 0 N–H and O–H groups in total. The van der Waals surface area contributed by atoms with Crippen LogP contribution in [0.1, 0.15) is 5.56 Å². The highest BCUT2D eigenvalue weighted by atomic mass is 79.9. The molecule has 1 amide bonds. The smallest absolute Gasteiger partial charge is 0.227 e. The minimum atomic E-state index is 0.229. The molecule has 0 bridgehead atoms. The maximum absolute atomic E-state index is 11.4. The van der Waals surface area contributed by atoms with Crippen molar-refractivity contribution in [3.63, 3.8) is 0 Å². The molecule has 1 aliphatic heterocycles. The molecular weight excluding hydrogens is 230 g/mol. The maximum atomic E-state index is 11.4. The second-order valence-electron chi connectivity index (χ2n) is 3.15. The van der Waals surface area contributed by atoms with E-state index in [1.807, 2.05) is 29.2 Å². The summed E-state index contributed by atoms with van der Waals surface area (Å²) in [6.45, 7) is 1.87. The number of rotatable bonds is 2. The first kappa shape index (κ1) is 8.75. The zero-order valence-corrected chi connectivity index (χ0v) is 8.75. The number of nitrogens with zero attached hydrogens (tertiary/aromatic N) is 1. The van der Waals surface area contributed by atoms with Gasteiger partial charge in [0.05, 0.1) is 6.42 Å². The van der Waals surface area contributed by atoms with Gasteiger partial charge in [0, 0.05) is 17.6 Å². The molecule has 0 unspecified atom stereocenters. The van der Waals surface area contributed by atoms with Crippen molar-refractivity contribution in [1.29, 1.82) is 0 Å². The van der Waals surface area contributed by atoms with Crippen LogP contribution in [0.25, 0.3) is 0 Å². The molecule has 1 heterocycles. The maximum Gasteiger partial charge on any atom is 0.227 e. The number of carbonyl (C=O) groups is 1. The summed E-state index contributed by atoms with van der Waals surface area (Å²) in [6, 6.07) is 7.85. The molecule has 0 saturated carbocycles. The van der Waals surface area contributed by atoms with Gasteiger partial charge in [0.25, 0.3) is 0 Å². The minimum Gasteiger partial charge on any atom is -0.339 e. The van der Waals surface area contributed by atoms with Crippen molar-refractivity contribution < 1.29 is 4.79 Å². The highest BCUT2D eigenvalue weighted by molar-refractivity contribution is 9.10. The van der Waals surface area contributed by atoms with Gasteiger partial charge in [-0.05, 0) is 11.6 Å². The van der Waals surface area contributed by atoms with E-state index in [0.717, 1.165) is 23.1 Å². The summed E-state index contributed by atoms with van der Waals surface area (Å²) in [5.41, 5.74) is 1.07. The first-order valence-corrected chi connectivity index (χ1v) is 5.08. The second kappa shape index (κ2) is 3.50. The fourth-order valence-corrected chi connectivity index (χ4v) is 1.64. The molecule has 1 saturated heterocycles. The van der Waals surface area contributed by atoms with Crippen LogP contribution in [0.2, 0.25) is 0 Å². The number of carbonyl (C=O) groups excluding carboxylic acids is 1. The lowest BCUT2D eigenvalue weighted by Gasteiger charge is -2.03. The standard InChI is InChI=1S/C10H10BrNO/c11-9-4-2-1-3-8(9)7-10(13)12-5-6-12/h1-4H,5-7H2. The van der Waals surface area contributed by atoms with Crippen molar-refractivity contribution in [1.82, 2.24) is 4.90 Å². The van der Waals surface area contributed by atoms with Gasteiger partial charge < -0.3 is 4.90 Å².